The number of carboxylic acid groups (broad SMARTS) is 1. The van der Waals surface area contributed by atoms with Crippen LogP contribution in [-0.4, -0.2) is 41.3 Å². The summed E-state index contributed by atoms with van der Waals surface area (Å²) in [5, 5.41) is 13.9. The van der Waals surface area contributed by atoms with E-state index in [9.17, 15) is 9.59 Å². The number of piperidine rings is 1. The fourth-order valence-electron chi connectivity index (χ4n) is 2.14. The summed E-state index contributed by atoms with van der Waals surface area (Å²) < 4.78 is 1.11. The molecule has 0 radical (unpaired) electrons. The number of anilines is 1. The number of halogens is 1. The molecule has 1 heterocycles. The van der Waals surface area contributed by atoms with Gasteiger partial charge in [-0.25, -0.2) is 9.59 Å². The smallest absolute Gasteiger partial charge is 0.404 e. The second-order valence-electron chi connectivity index (χ2n) is 4.65. The van der Waals surface area contributed by atoms with Crippen LogP contribution in [0.2, 0.25) is 0 Å². The highest BCUT2D eigenvalue weighted by Crippen LogP contribution is 2.14. The maximum absolute atomic E-state index is 12.1. The predicted molar refractivity (Wildman–Crippen MR) is 83.9 cm³/mol. The summed E-state index contributed by atoms with van der Waals surface area (Å²) in [7, 11) is 0. The highest BCUT2D eigenvalue weighted by Gasteiger charge is 2.23. The van der Waals surface area contributed by atoms with Gasteiger partial charge in [-0.1, -0.05) is 0 Å². The zero-order valence-corrected chi connectivity index (χ0v) is 13.0. The maximum atomic E-state index is 12.1. The molecule has 7 heteroatoms. The fraction of sp³-hybridized carbons (Fsp3) is 0.385. The van der Waals surface area contributed by atoms with Gasteiger partial charge in [0, 0.05) is 28.4 Å². The van der Waals surface area contributed by atoms with E-state index in [4.69, 9.17) is 5.11 Å². The summed E-state index contributed by atoms with van der Waals surface area (Å²) in [6.45, 7) is 1.11. The van der Waals surface area contributed by atoms with Crippen LogP contribution in [0.1, 0.15) is 12.8 Å². The second kappa shape index (κ2) is 6.78. The monoisotopic (exact) mass is 389 g/mol. The summed E-state index contributed by atoms with van der Waals surface area (Å²) in [6.07, 6.45) is 0.283. The molecule has 1 aromatic rings. The lowest BCUT2D eigenvalue weighted by Gasteiger charge is -2.31. The number of carbonyl (C=O) groups excluding carboxylic acids is 1. The van der Waals surface area contributed by atoms with E-state index in [0.717, 1.165) is 9.26 Å². The fourth-order valence-corrected chi connectivity index (χ4v) is 2.50. The molecule has 1 aliphatic heterocycles. The number of benzene rings is 1. The van der Waals surface area contributed by atoms with Gasteiger partial charge in [0.2, 0.25) is 0 Å². The molecule has 20 heavy (non-hydrogen) atoms. The van der Waals surface area contributed by atoms with E-state index in [1.54, 1.807) is 4.90 Å². The molecular formula is C13H16IN3O3. The Kier molecular flexibility index (Phi) is 5.05. The van der Waals surface area contributed by atoms with Gasteiger partial charge in [-0.3, -0.25) is 0 Å². The van der Waals surface area contributed by atoms with Crippen LogP contribution in [0.5, 0.6) is 0 Å². The number of nitrogens with one attached hydrogen (secondary N) is 2. The number of nitrogens with zero attached hydrogens (tertiary/aromatic N) is 1. The first-order valence-electron chi connectivity index (χ1n) is 6.35. The lowest BCUT2D eigenvalue weighted by atomic mass is 10.1. The molecule has 0 aliphatic carbocycles. The number of carbonyl (C=O) groups is 2. The molecule has 108 valence electrons. The quantitative estimate of drug-likeness (QED) is 0.681. The van der Waals surface area contributed by atoms with Crippen molar-refractivity contribution in [2.75, 3.05) is 18.4 Å². The van der Waals surface area contributed by atoms with Gasteiger partial charge >= 0.3 is 12.1 Å². The Morgan fingerprint density at radius 1 is 1.20 bits per heavy atom. The van der Waals surface area contributed by atoms with Crippen LogP contribution in [-0.2, 0) is 0 Å². The van der Waals surface area contributed by atoms with Gasteiger partial charge in [0.1, 0.15) is 0 Å². The van der Waals surface area contributed by atoms with Gasteiger partial charge in [0.05, 0.1) is 0 Å². The van der Waals surface area contributed by atoms with Gasteiger partial charge in [0.25, 0.3) is 0 Å². The molecule has 3 N–H and O–H groups in total. The van der Waals surface area contributed by atoms with Crippen LogP contribution in [0.4, 0.5) is 15.3 Å². The number of rotatable bonds is 2. The zero-order chi connectivity index (χ0) is 14.5. The van der Waals surface area contributed by atoms with Crippen molar-refractivity contribution in [3.63, 3.8) is 0 Å². The largest absolute Gasteiger partial charge is 0.465 e. The Morgan fingerprint density at radius 3 is 2.35 bits per heavy atom. The van der Waals surface area contributed by atoms with Gasteiger partial charge in [0.15, 0.2) is 0 Å². The number of amides is 3. The van der Waals surface area contributed by atoms with Gasteiger partial charge in [-0.15, -0.1) is 0 Å². The van der Waals surface area contributed by atoms with Gasteiger partial charge < -0.3 is 20.6 Å². The van der Waals surface area contributed by atoms with Crippen molar-refractivity contribution in [3.05, 3.63) is 27.8 Å². The molecule has 1 aromatic carbocycles. The van der Waals surface area contributed by atoms with E-state index in [2.05, 4.69) is 33.2 Å². The van der Waals surface area contributed by atoms with Gasteiger partial charge in [-0.2, -0.15) is 0 Å². The van der Waals surface area contributed by atoms with Crippen molar-refractivity contribution in [2.24, 2.45) is 0 Å². The number of likely N-dealkylation sites (tertiary alicyclic amines) is 1. The van der Waals surface area contributed by atoms with Crippen LogP contribution >= 0.6 is 22.6 Å². The molecule has 0 spiro atoms. The Bertz CT molecular complexity index is 484. The Balaban J connectivity index is 1.82. The normalized spacial score (nSPS) is 15.8. The summed E-state index contributed by atoms with van der Waals surface area (Å²) in [6, 6.07) is 7.38. The highest BCUT2D eigenvalue weighted by molar-refractivity contribution is 14.1. The first-order chi connectivity index (χ1) is 9.54. The molecule has 6 nitrogen and oxygen atoms in total. The average molecular weight is 389 g/mol. The molecule has 1 fully saturated rings. The lowest BCUT2D eigenvalue weighted by molar-refractivity contribution is 0.171. The molecule has 0 saturated carbocycles. The third-order valence-electron chi connectivity index (χ3n) is 3.21. The molecule has 1 aliphatic rings. The molecular weight excluding hydrogens is 373 g/mol. The minimum absolute atomic E-state index is 0.0603. The van der Waals surface area contributed by atoms with Crippen LogP contribution < -0.4 is 10.6 Å². The molecule has 0 bridgehead atoms. The molecule has 1 saturated heterocycles. The Labute approximate surface area is 130 Å². The summed E-state index contributed by atoms with van der Waals surface area (Å²) in [4.78, 5) is 24.3. The molecule has 0 atom stereocenters. The third kappa shape index (κ3) is 4.26. The maximum Gasteiger partial charge on any atom is 0.404 e. The predicted octanol–water partition coefficient (Wildman–Crippen LogP) is 2.56. The summed E-state index contributed by atoms with van der Waals surface area (Å²) >= 11 is 2.21. The molecule has 2 rings (SSSR count). The van der Waals surface area contributed by atoms with E-state index in [0.29, 0.717) is 25.9 Å². The van der Waals surface area contributed by atoms with Crippen molar-refractivity contribution in [3.8, 4) is 0 Å². The van der Waals surface area contributed by atoms with Crippen molar-refractivity contribution >= 4 is 40.4 Å². The van der Waals surface area contributed by atoms with Crippen molar-refractivity contribution in [1.29, 1.82) is 0 Å². The van der Waals surface area contributed by atoms with Crippen molar-refractivity contribution in [2.45, 2.75) is 18.9 Å². The van der Waals surface area contributed by atoms with Crippen molar-refractivity contribution in [1.82, 2.24) is 10.2 Å². The van der Waals surface area contributed by atoms with E-state index < -0.39 is 6.09 Å². The SMILES string of the molecule is O=C(O)NC1CCN(C(=O)Nc2ccc(I)cc2)CC1. The zero-order valence-electron chi connectivity index (χ0n) is 10.8. The second-order valence-corrected chi connectivity index (χ2v) is 5.89. The first kappa shape index (κ1) is 14.9. The van der Waals surface area contributed by atoms with Crippen molar-refractivity contribution < 1.29 is 14.7 Å². The molecule has 3 amide bonds. The van der Waals surface area contributed by atoms with E-state index >= 15 is 0 Å². The highest BCUT2D eigenvalue weighted by atomic mass is 127. The first-order valence-corrected chi connectivity index (χ1v) is 7.43. The number of hydrogen-bond donors (Lipinski definition) is 3. The topological polar surface area (TPSA) is 81.7 Å². The number of urea groups is 1. The average Bonchev–Trinajstić information content (AvgIpc) is 2.41. The minimum Gasteiger partial charge on any atom is -0.465 e. The Hall–Kier alpha value is -1.51. The lowest BCUT2D eigenvalue weighted by Crippen LogP contribution is -2.47. The van der Waals surface area contributed by atoms with E-state index in [1.165, 1.54) is 0 Å². The Morgan fingerprint density at radius 2 is 1.80 bits per heavy atom. The van der Waals surface area contributed by atoms with Crippen LogP contribution in [0.3, 0.4) is 0 Å². The van der Waals surface area contributed by atoms with E-state index in [-0.39, 0.29) is 12.1 Å². The van der Waals surface area contributed by atoms with Crippen LogP contribution in [0, 0.1) is 3.57 Å². The van der Waals surface area contributed by atoms with Crippen LogP contribution in [0.25, 0.3) is 0 Å². The minimum atomic E-state index is -1.01. The molecule has 0 unspecified atom stereocenters. The van der Waals surface area contributed by atoms with E-state index in [1.807, 2.05) is 24.3 Å². The van der Waals surface area contributed by atoms with Crippen LogP contribution in [0.15, 0.2) is 24.3 Å². The molecule has 0 aromatic heterocycles. The van der Waals surface area contributed by atoms with Gasteiger partial charge in [-0.05, 0) is 59.7 Å². The number of hydrogen-bond acceptors (Lipinski definition) is 2. The summed E-state index contributed by atoms with van der Waals surface area (Å²) in [5.74, 6) is 0. The summed E-state index contributed by atoms with van der Waals surface area (Å²) in [5.41, 5.74) is 0.765. The third-order valence-corrected chi connectivity index (χ3v) is 3.92. The standard InChI is InChI=1S/C13H16IN3O3/c14-9-1-3-10(4-2-9)15-12(18)17-7-5-11(6-8-17)16-13(19)20/h1-4,11,16H,5-8H2,(H,15,18)(H,19,20).